The summed E-state index contributed by atoms with van der Waals surface area (Å²) in [7, 11) is 2.10. The number of amidine groups is 1. The molecule has 0 spiro atoms. The van der Waals surface area contributed by atoms with Crippen LogP contribution >= 0.6 is 0 Å². The fourth-order valence-corrected chi connectivity index (χ4v) is 1.58. The smallest absolute Gasteiger partial charge is 0.0963 e. The van der Waals surface area contributed by atoms with Gasteiger partial charge in [-0.1, -0.05) is 44.2 Å². The fourth-order valence-electron chi connectivity index (χ4n) is 1.58. The molecule has 0 saturated carbocycles. The molecule has 0 fully saturated rings. The van der Waals surface area contributed by atoms with Crippen molar-refractivity contribution in [1.82, 2.24) is 4.90 Å². The molecule has 0 aliphatic rings. The van der Waals surface area contributed by atoms with Crippen molar-refractivity contribution >= 4 is 5.84 Å². The van der Waals surface area contributed by atoms with Crippen molar-refractivity contribution in [2.45, 2.75) is 26.8 Å². The second-order valence-corrected chi connectivity index (χ2v) is 5.27. The first-order valence-electron chi connectivity index (χ1n) is 5.99. The van der Waals surface area contributed by atoms with Gasteiger partial charge >= 0.3 is 0 Å². The van der Waals surface area contributed by atoms with E-state index in [1.807, 2.05) is 19.9 Å². The SMILES string of the molecule is CN(CCC(C)(C)C(=N)N)Cc1ccccc1. The minimum Gasteiger partial charge on any atom is -0.387 e. The average Bonchev–Trinajstić information content (AvgIpc) is 2.28. The summed E-state index contributed by atoms with van der Waals surface area (Å²) in [6.07, 6.45) is 0.908. The highest BCUT2D eigenvalue weighted by molar-refractivity contribution is 5.82. The summed E-state index contributed by atoms with van der Waals surface area (Å²) in [5.74, 6) is 0.269. The van der Waals surface area contributed by atoms with E-state index in [2.05, 4.69) is 36.2 Å². The van der Waals surface area contributed by atoms with Gasteiger partial charge < -0.3 is 10.6 Å². The van der Waals surface area contributed by atoms with Crippen LogP contribution in [0.2, 0.25) is 0 Å². The molecule has 3 N–H and O–H groups in total. The first-order valence-corrected chi connectivity index (χ1v) is 5.99. The molecule has 0 radical (unpaired) electrons. The van der Waals surface area contributed by atoms with Gasteiger partial charge in [0.1, 0.15) is 0 Å². The Balaban J connectivity index is 2.41. The third kappa shape index (κ3) is 4.57. The Morgan fingerprint density at radius 2 is 1.88 bits per heavy atom. The number of nitrogens with one attached hydrogen (secondary N) is 1. The van der Waals surface area contributed by atoms with Crippen LogP contribution < -0.4 is 5.73 Å². The third-order valence-corrected chi connectivity index (χ3v) is 3.14. The number of hydrogen-bond donors (Lipinski definition) is 2. The van der Waals surface area contributed by atoms with Crippen LogP contribution in [0.1, 0.15) is 25.8 Å². The minimum atomic E-state index is -0.203. The maximum atomic E-state index is 7.52. The largest absolute Gasteiger partial charge is 0.387 e. The molecule has 0 aliphatic heterocycles. The van der Waals surface area contributed by atoms with Crippen molar-refractivity contribution in [3.63, 3.8) is 0 Å². The molecule has 94 valence electrons. The van der Waals surface area contributed by atoms with Crippen LogP contribution in [0.4, 0.5) is 0 Å². The minimum absolute atomic E-state index is 0.203. The van der Waals surface area contributed by atoms with Crippen molar-refractivity contribution in [1.29, 1.82) is 5.41 Å². The van der Waals surface area contributed by atoms with E-state index in [4.69, 9.17) is 11.1 Å². The van der Waals surface area contributed by atoms with Gasteiger partial charge in [0.2, 0.25) is 0 Å². The zero-order valence-electron chi connectivity index (χ0n) is 11.0. The predicted molar refractivity (Wildman–Crippen MR) is 73.1 cm³/mol. The van der Waals surface area contributed by atoms with Gasteiger partial charge in [-0.25, -0.2) is 0 Å². The maximum absolute atomic E-state index is 7.52. The number of rotatable bonds is 6. The molecule has 0 unspecified atom stereocenters. The molecule has 3 heteroatoms. The normalized spacial score (nSPS) is 11.8. The zero-order valence-corrected chi connectivity index (χ0v) is 11.0. The Morgan fingerprint density at radius 1 is 1.29 bits per heavy atom. The van der Waals surface area contributed by atoms with Gasteiger partial charge in [-0.15, -0.1) is 0 Å². The summed E-state index contributed by atoms with van der Waals surface area (Å²) in [4.78, 5) is 2.26. The predicted octanol–water partition coefficient (Wildman–Crippen LogP) is 2.47. The van der Waals surface area contributed by atoms with Gasteiger partial charge in [0, 0.05) is 12.0 Å². The van der Waals surface area contributed by atoms with Gasteiger partial charge in [-0.3, -0.25) is 5.41 Å². The quantitative estimate of drug-likeness (QED) is 0.586. The zero-order chi connectivity index (χ0) is 12.9. The number of nitrogens with zero attached hydrogens (tertiary/aromatic N) is 1. The summed E-state index contributed by atoms with van der Waals surface area (Å²) in [6.45, 7) is 5.92. The van der Waals surface area contributed by atoms with Crippen molar-refractivity contribution in [3.05, 3.63) is 35.9 Å². The third-order valence-electron chi connectivity index (χ3n) is 3.14. The van der Waals surface area contributed by atoms with Gasteiger partial charge in [-0.2, -0.15) is 0 Å². The monoisotopic (exact) mass is 233 g/mol. The molecule has 0 aromatic heterocycles. The van der Waals surface area contributed by atoms with Crippen LogP contribution in [0, 0.1) is 10.8 Å². The Morgan fingerprint density at radius 3 is 2.41 bits per heavy atom. The van der Waals surface area contributed by atoms with Crippen LogP contribution in [0.25, 0.3) is 0 Å². The Bertz CT molecular complexity index is 357. The van der Waals surface area contributed by atoms with Crippen molar-refractivity contribution in [2.75, 3.05) is 13.6 Å². The van der Waals surface area contributed by atoms with E-state index in [0.29, 0.717) is 0 Å². The lowest BCUT2D eigenvalue weighted by Gasteiger charge is -2.26. The standard InChI is InChI=1S/C14H23N3/c1-14(2,13(15)16)9-10-17(3)11-12-7-5-4-6-8-12/h4-8H,9-11H2,1-3H3,(H3,15,16). The molecule has 17 heavy (non-hydrogen) atoms. The van der Waals surface area contributed by atoms with Gasteiger partial charge in [0.05, 0.1) is 5.84 Å². The van der Waals surface area contributed by atoms with E-state index in [-0.39, 0.29) is 11.3 Å². The van der Waals surface area contributed by atoms with E-state index >= 15 is 0 Å². The van der Waals surface area contributed by atoms with Crippen LogP contribution in [-0.2, 0) is 6.54 Å². The second-order valence-electron chi connectivity index (χ2n) is 5.27. The average molecular weight is 233 g/mol. The number of benzene rings is 1. The molecule has 0 saturated heterocycles. The molecular formula is C14H23N3. The molecule has 1 aromatic carbocycles. The van der Waals surface area contributed by atoms with Crippen molar-refractivity contribution < 1.29 is 0 Å². The van der Waals surface area contributed by atoms with E-state index in [1.165, 1.54) is 5.56 Å². The first-order chi connectivity index (χ1) is 7.92. The fraction of sp³-hybridized carbons (Fsp3) is 0.500. The first kappa shape index (κ1) is 13.7. The highest BCUT2D eigenvalue weighted by atomic mass is 15.1. The molecule has 0 bridgehead atoms. The summed E-state index contributed by atoms with van der Waals surface area (Å²) in [6, 6.07) is 10.4. The highest BCUT2D eigenvalue weighted by Gasteiger charge is 2.21. The van der Waals surface area contributed by atoms with Crippen LogP contribution in [-0.4, -0.2) is 24.3 Å². The maximum Gasteiger partial charge on any atom is 0.0963 e. The summed E-state index contributed by atoms with van der Waals surface area (Å²) in [5, 5.41) is 7.52. The molecular weight excluding hydrogens is 210 g/mol. The second kappa shape index (κ2) is 5.82. The molecule has 0 heterocycles. The topological polar surface area (TPSA) is 53.1 Å². The molecule has 0 aliphatic carbocycles. The van der Waals surface area contributed by atoms with Gasteiger partial charge in [0.25, 0.3) is 0 Å². The summed E-state index contributed by atoms with van der Waals surface area (Å²) >= 11 is 0. The van der Waals surface area contributed by atoms with Crippen LogP contribution in [0.5, 0.6) is 0 Å². The van der Waals surface area contributed by atoms with Crippen LogP contribution in [0.3, 0.4) is 0 Å². The van der Waals surface area contributed by atoms with E-state index in [0.717, 1.165) is 19.5 Å². The number of nitrogens with two attached hydrogens (primary N) is 1. The van der Waals surface area contributed by atoms with E-state index in [1.54, 1.807) is 0 Å². The van der Waals surface area contributed by atoms with Gasteiger partial charge in [0.15, 0.2) is 0 Å². The lowest BCUT2D eigenvalue weighted by Crippen LogP contribution is -2.34. The van der Waals surface area contributed by atoms with E-state index < -0.39 is 0 Å². The van der Waals surface area contributed by atoms with Crippen molar-refractivity contribution in [2.24, 2.45) is 11.1 Å². The summed E-state index contributed by atoms with van der Waals surface area (Å²) < 4.78 is 0. The van der Waals surface area contributed by atoms with Crippen LogP contribution in [0.15, 0.2) is 30.3 Å². The molecule has 0 atom stereocenters. The Labute approximate surface area is 104 Å². The molecule has 0 amide bonds. The summed E-state index contributed by atoms with van der Waals surface area (Å²) in [5.41, 5.74) is 6.69. The molecule has 1 rings (SSSR count). The molecule has 3 nitrogen and oxygen atoms in total. The lowest BCUT2D eigenvalue weighted by molar-refractivity contribution is 0.284. The molecule has 1 aromatic rings. The van der Waals surface area contributed by atoms with E-state index in [9.17, 15) is 0 Å². The van der Waals surface area contributed by atoms with Gasteiger partial charge in [-0.05, 0) is 25.6 Å². The lowest BCUT2D eigenvalue weighted by atomic mass is 9.88. The Kier molecular flexibility index (Phi) is 4.70. The van der Waals surface area contributed by atoms with Crippen molar-refractivity contribution in [3.8, 4) is 0 Å². The number of hydrogen-bond acceptors (Lipinski definition) is 2. The highest BCUT2D eigenvalue weighted by Crippen LogP contribution is 2.20. The Hall–Kier alpha value is -1.35.